The summed E-state index contributed by atoms with van der Waals surface area (Å²) >= 11 is 0. The molecule has 5 nitrogen and oxygen atoms in total. The summed E-state index contributed by atoms with van der Waals surface area (Å²) in [6.45, 7) is 5.41. The number of anilines is 1. The van der Waals surface area contributed by atoms with Gasteiger partial charge in [-0.2, -0.15) is 0 Å². The number of nitrogens with zero attached hydrogens (tertiary/aromatic N) is 1. The molecule has 0 spiro atoms. The van der Waals surface area contributed by atoms with E-state index in [1.807, 2.05) is 42.5 Å². The lowest BCUT2D eigenvalue weighted by Gasteiger charge is -2.25. The van der Waals surface area contributed by atoms with E-state index in [0.29, 0.717) is 6.42 Å². The summed E-state index contributed by atoms with van der Waals surface area (Å²) in [5.74, 6) is -0.150. The van der Waals surface area contributed by atoms with Gasteiger partial charge in [0.25, 0.3) is 0 Å². The van der Waals surface area contributed by atoms with Gasteiger partial charge in [-0.15, -0.1) is 0 Å². The van der Waals surface area contributed by atoms with Gasteiger partial charge in [-0.1, -0.05) is 48.5 Å². The highest BCUT2D eigenvalue weighted by molar-refractivity contribution is 6.00. The molecule has 1 aliphatic rings. The van der Waals surface area contributed by atoms with E-state index in [9.17, 15) is 9.59 Å². The highest BCUT2D eigenvalue weighted by atomic mass is 16.6. The summed E-state index contributed by atoms with van der Waals surface area (Å²) in [5, 5.41) is 2.78. The quantitative estimate of drug-likeness (QED) is 0.871. The van der Waals surface area contributed by atoms with Crippen molar-refractivity contribution in [3.05, 3.63) is 65.7 Å². The summed E-state index contributed by atoms with van der Waals surface area (Å²) < 4.78 is 5.36. The first-order valence-electron chi connectivity index (χ1n) is 9.17. The normalized spacial score (nSPS) is 19.9. The SMILES string of the molecule is CN1C(=O)C(NC(=O)OC(C)(C)C)CC(c2ccccc2)c2ccccc21. The first kappa shape index (κ1) is 19.0. The third-order valence-corrected chi connectivity index (χ3v) is 4.67. The van der Waals surface area contributed by atoms with Crippen molar-refractivity contribution in [2.45, 2.75) is 44.8 Å². The third kappa shape index (κ3) is 4.30. The fourth-order valence-corrected chi connectivity index (χ4v) is 3.48. The van der Waals surface area contributed by atoms with Crippen LogP contribution in [-0.4, -0.2) is 30.7 Å². The molecule has 2 aromatic rings. The van der Waals surface area contributed by atoms with E-state index < -0.39 is 17.7 Å². The number of alkyl carbamates (subject to hydrolysis) is 1. The van der Waals surface area contributed by atoms with E-state index in [2.05, 4.69) is 17.4 Å². The summed E-state index contributed by atoms with van der Waals surface area (Å²) in [5.41, 5.74) is 2.44. The van der Waals surface area contributed by atoms with Crippen molar-refractivity contribution in [3.8, 4) is 0 Å². The summed E-state index contributed by atoms with van der Waals surface area (Å²) in [7, 11) is 1.75. The number of carbonyl (C=O) groups excluding carboxylic acids is 2. The van der Waals surface area contributed by atoms with Crippen LogP contribution in [0.3, 0.4) is 0 Å². The second-order valence-electron chi connectivity index (χ2n) is 7.85. The molecule has 2 unspecified atom stereocenters. The number of hydrogen-bond donors (Lipinski definition) is 1. The molecule has 5 heteroatoms. The number of para-hydroxylation sites is 1. The van der Waals surface area contributed by atoms with Crippen LogP contribution in [0.4, 0.5) is 10.5 Å². The van der Waals surface area contributed by atoms with Crippen molar-refractivity contribution in [1.82, 2.24) is 5.32 Å². The highest BCUT2D eigenvalue weighted by Crippen LogP contribution is 2.38. The third-order valence-electron chi connectivity index (χ3n) is 4.67. The van der Waals surface area contributed by atoms with Gasteiger partial charge < -0.3 is 15.0 Å². The van der Waals surface area contributed by atoms with Crippen LogP contribution in [0.5, 0.6) is 0 Å². The van der Waals surface area contributed by atoms with E-state index in [1.165, 1.54) is 0 Å². The molecule has 1 N–H and O–H groups in total. The fourth-order valence-electron chi connectivity index (χ4n) is 3.48. The molecule has 1 heterocycles. The molecule has 27 heavy (non-hydrogen) atoms. The summed E-state index contributed by atoms with van der Waals surface area (Å²) in [6.07, 6.45) is -0.101. The van der Waals surface area contributed by atoms with Gasteiger partial charge in [0.2, 0.25) is 5.91 Å². The van der Waals surface area contributed by atoms with E-state index >= 15 is 0 Å². The Labute approximate surface area is 160 Å². The molecule has 1 aliphatic heterocycles. The monoisotopic (exact) mass is 366 g/mol. The standard InChI is InChI=1S/C22H26N2O3/c1-22(2,3)27-21(26)23-18-14-17(15-10-6-5-7-11-15)16-12-8-9-13-19(16)24(4)20(18)25/h5-13,17-18H,14H2,1-4H3,(H,23,26). The Kier molecular flexibility index (Phi) is 5.22. The lowest BCUT2D eigenvalue weighted by Crippen LogP contribution is -2.48. The lowest BCUT2D eigenvalue weighted by molar-refractivity contribution is -0.120. The van der Waals surface area contributed by atoms with Crippen LogP contribution >= 0.6 is 0 Å². The van der Waals surface area contributed by atoms with Crippen LogP contribution in [0.1, 0.15) is 44.2 Å². The predicted octanol–water partition coefficient (Wildman–Crippen LogP) is 4.08. The minimum Gasteiger partial charge on any atom is -0.444 e. The Morgan fingerprint density at radius 2 is 1.70 bits per heavy atom. The Morgan fingerprint density at radius 1 is 1.07 bits per heavy atom. The van der Waals surface area contributed by atoms with Gasteiger partial charge in [0.05, 0.1) is 0 Å². The Hall–Kier alpha value is -2.82. The van der Waals surface area contributed by atoms with E-state index in [4.69, 9.17) is 4.74 Å². The average molecular weight is 366 g/mol. The second-order valence-corrected chi connectivity index (χ2v) is 7.85. The number of hydrogen-bond acceptors (Lipinski definition) is 3. The molecular weight excluding hydrogens is 340 g/mol. The number of likely N-dealkylation sites (N-methyl/N-ethyl adjacent to an activating group) is 1. The molecule has 142 valence electrons. The van der Waals surface area contributed by atoms with Gasteiger partial charge >= 0.3 is 6.09 Å². The van der Waals surface area contributed by atoms with Crippen LogP contribution in [-0.2, 0) is 9.53 Å². The Morgan fingerprint density at radius 3 is 2.37 bits per heavy atom. The molecular formula is C22H26N2O3. The van der Waals surface area contributed by atoms with Crippen molar-refractivity contribution >= 4 is 17.7 Å². The van der Waals surface area contributed by atoms with Crippen LogP contribution < -0.4 is 10.2 Å². The molecule has 0 radical (unpaired) electrons. The maximum atomic E-state index is 13.0. The smallest absolute Gasteiger partial charge is 0.408 e. The number of benzene rings is 2. The van der Waals surface area contributed by atoms with Gasteiger partial charge in [-0.25, -0.2) is 4.79 Å². The number of ether oxygens (including phenoxy) is 1. The molecule has 2 amide bonds. The van der Waals surface area contributed by atoms with Gasteiger partial charge in [0, 0.05) is 18.7 Å². The minimum atomic E-state index is -0.664. The number of rotatable bonds is 2. The average Bonchev–Trinajstić information content (AvgIpc) is 2.72. The van der Waals surface area contributed by atoms with Crippen molar-refractivity contribution in [2.24, 2.45) is 0 Å². The topological polar surface area (TPSA) is 58.6 Å². The van der Waals surface area contributed by atoms with Crippen molar-refractivity contribution in [1.29, 1.82) is 0 Å². The summed E-state index contributed by atoms with van der Waals surface area (Å²) in [4.78, 5) is 27.0. The number of carbonyl (C=O) groups is 2. The number of fused-ring (bicyclic) bond motifs is 1. The maximum Gasteiger partial charge on any atom is 0.408 e. The zero-order valence-electron chi connectivity index (χ0n) is 16.2. The van der Waals surface area contributed by atoms with Crippen LogP contribution in [0.2, 0.25) is 0 Å². The van der Waals surface area contributed by atoms with Crippen molar-refractivity contribution in [3.63, 3.8) is 0 Å². The molecule has 0 saturated heterocycles. The predicted molar refractivity (Wildman–Crippen MR) is 106 cm³/mol. The molecule has 0 fully saturated rings. The van der Waals surface area contributed by atoms with E-state index in [-0.39, 0.29) is 11.8 Å². The molecule has 3 rings (SSSR count). The van der Waals surface area contributed by atoms with E-state index in [1.54, 1.807) is 32.7 Å². The summed E-state index contributed by atoms with van der Waals surface area (Å²) in [6, 6.07) is 17.3. The molecule has 0 bridgehead atoms. The minimum absolute atomic E-state index is 0.00348. The molecule has 0 aromatic heterocycles. The molecule has 0 saturated carbocycles. The van der Waals surface area contributed by atoms with Crippen LogP contribution in [0, 0.1) is 0 Å². The van der Waals surface area contributed by atoms with Gasteiger partial charge in [0.1, 0.15) is 11.6 Å². The van der Waals surface area contributed by atoms with Crippen LogP contribution in [0.25, 0.3) is 0 Å². The largest absolute Gasteiger partial charge is 0.444 e. The van der Waals surface area contributed by atoms with Crippen molar-refractivity contribution < 1.29 is 14.3 Å². The Balaban J connectivity index is 1.96. The highest BCUT2D eigenvalue weighted by Gasteiger charge is 2.35. The first-order valence-corrected chi connectivity index (χ1v) is 9.17. The maximum absolute atomic E-state index is 13.0. The van der Waals surface area contributed by atoms with Crippen molar-refractivity contribution in [2.75, 3.05) is 11.9 Å². The van der Waals surface area contributed by atoms with Gasteiger partial charge in [-0.05, 0) is 44.4 Å². The molecule has 0 aliphatic carbocycles. The zero-order chi connectivity index (χ0) is 19.6. The lowest BCUT2D eigenvalue weighted by atomic mass is 9.86. The fraction of sp³-hybridized carbons (Fsp3) is 0.364. The first-order chi connectivity index (χ1) is 12.8. The molecule has 2 atom stereocenters. The zero-order valence-corrected chi connectivity index (χ0v) is 16.2. The molecule has 2 aromatic carbocycles. The second kappa shape index (κ2) is 7.43. The van der Waals surface area contributed by atoms with Gasteiger partial charge in [0.15, 0.2) is 0 Å². The number of nitrogens with one attached hydrogen (secondary N) is 1. The number of amides is 2. The van der Waals surface area contributed by atoms with E-state index in [0.717, 1.165) is 16.8 Å². The Bertz CT molecular complexity index is 827. The van der Waals surface area contributed by atoms with Crippen LogP contribution in [0.15, 0.2) is 54.6 Å². The van der Waals surface area contributed by atoms with Gasteiger partial charge in [-0.3, -0.25) is 4.79 Å².